The van der Waals surface area contributed by atoms with Crippen molar-refractivity contribution >= 4 is 12.0 Å². The van der Waals surface area contributed by atoms with Crippen LogP contribution in [0.4, 0.5) is 4.79 Å². The topological polar surface area (TPSA) is 78.4 Å². The van der Waals surface area contributed by atoms with Gasteiger partial charge in [-0.05, 0) is 10.8 Å². The highest BCUT2D eigenvalue weighted by atomic mass is 16.4. The van der Waals surface area contributed by atoms with E-state index in [4.69, 9.17) is 5.11 Å². The summed E-state index contributed by atoms with van der Waals surface area (Å²) >= 11 is 0. The molecular weight excluding hydrogens is 220 g/mol. The van der Waals surface area contributed by atoms with E-state index in [0.29, 0.717) is 6.54 Å². The third-order valence-electron chi connectivity index (χ3n) is 3.35. The second-order valence-corrected chi connectivity index (χ2v) is 5.89. The summed E-state index contributed by atoms with van der Waals surface area (Å²) in [5.41, 5.74) is 0.0541. The molecule has 17 heavy (non-hydrogen) atoms. The van der Waals surface area contributed by atoms with Crippen LogP contribution in [0, 0.1) is 10.8 Å². The quantitative estimate of drug-likeness (QED) is 0.690. The van der Waals surface area contributed by atoms with Gasteiger partial charge in [0.15, 0.2) is 0 Å². The Bertz CT molecular complexity index is 280. The highest BCUT2D eigenvalue weighted by molar-refractivity contribution is 5.75. The minimum absolute atomic E-state index is 0.0306. The van der Waals surface area contributed by atoms with E-state index in [0.717, 1.165) is 0 Å². The summed E-state index contributed by atoms with van der Waals surface area (Å²) in [4.78, 5) is 21.6. The summed E-state index contributed by atoms with van der Waals surface area (Å²) < 4.78 is 0. The third kappa shape index (κ3) is 6.14. The molecule has 0 radical (unpaired) electrons. The van der Waals surface area contributed by atoms with E-state index in [9.17, 15) is 9.59 Å². The minimum Gasteiger partial charge on any atom is -0.481 e. The number of nitrogens with one attached hydrogen (secondary N) is 2. The van der Waals surface area contributed by atoms with Gasteiger partial charge in [-0.15, -0.1) is 0 Å². The second kappa shape index (κ2) is 5.89. The molecule has 0 fully saturated rings. The lowest BCUT2D eigenvalue weighted by Gasteiger charge is -2.38. The molecule has 0 aliphatic carbocycles. The van der Waals surface area contributed by atoms with Crippen LogP contribution in [0.5, 0.6) is 0 Å². The Morgan fingerprint density at radius 1 is 1.06 bits per heavy atom. The van der Waals surface area contributed by atoms with Crippen molar-refractivity contribution < 1.29 is 14.7 Å². The maximum atomic E-state index is 11.4. The van der Waals surface area contributed by atoms with Gasteiger partial charge in [0.1, 0.15) is 0 Å². The summed E-state index contributed by atoms with van der Waals surface area (Å²) in [5, 5.41) is 13.7. The first kappa shape index (κ1) is 15.7. The van der Waals surface area contributed by atoms with Crippen molar-refractivity contribution in [3.63, 3.8) is 0 Å². The fourth-order valence-electron chi connectivity index (χ4n) is 0.912. The first-order valence-corrected chi connectivity index (χ1v) is 5.80. The summed E-state index contributed by atoms with van der Waals surface area (Å²) in [6.45, 7) is 11.2. The number of urea groups is 1. The van der Waals surface area contributed by atoms with E-state index in [2.05, 4.69) is 45.3 Å². The van der Waals surface area contributed by atoms with Crippen molar-refractivity contribution in [1.29, 1.82) is 0 Å². The standard InChI is InChI=1S/C12H24N2O3/c1-11(2,3)12(4,5)8-14-10(17)13-7-6-9(15)16/h6-8H2,1-5H3,(H,15,16)(H2,13,14,17). The van der Waals surface area contributed by atoms with Gasteiger partial charge in [0.05, 0.1) is 6.42 Å². The minimum atomic E-state index is -0.916. The van der Waals surface area contributed by atoms with Crippen molar-refractivity contribution in [2.24, 2.45) is 10.8 Å². The Balaban J connectivity index is 3.96. The molecule has 0 aliphatic rings. The van der Waals surface area contributed by atoms with Crippen LogP contribution in [-0.2, 0) is 4.79 Å². The van der Waals surface area contributed by atoms with Crippen molar-refractivity contribution in [3.8, 4) is 0 Å². The van der Waals surface area contributed by atoms with E-state index in [1.807, 2.05) is 0 Å². The highest BCUT2D eigenvalue weighted by Gasteiger charge is 2.32. The van der Waals surface area contributed by atoms with Crippen molar-refractivity contribution in [2.75, 3.05) is 13.1 Å². The molecule has 0 bridgehead atoms. The van der Waals surface area contributed by atoms with Crippen molar-refractivity contribution in [3.05, 3.63) is 0 Å². The number of aliphatic carboxylic acids is 1. The first-order chi connectivity index (χ1) is 7.56. The molecule has 0 aromatic carbocycles. The van der Waals surface area contributed by atoms with Gasteiger partial charge >= 0.3 is 12.0 Å². The zero-order chi connectivity index (χ0) is 13.7. The fraction of sp³-hybridized carbons (Fsp3) is 0.833. The molecule has 0 spiro atoms. The molecule has 0 aliphatic heterocycles. The number of carboxylic acids is 1. The first-order valence-electron chi connectivity index (χ1n) is 5.80. The van der Waals surface area contributed by atoms with Gasteiger partial charge in [0.2, 0.25) is 0 Å². The van der Waals surface area contributed by atoms with E-state index < -0.39 is 5.97 Å². The highest BCUT2D eigenvalue weighted by Crippen LogP contribution is 2.36. The summed E-state index contributed by atoms with van der Waals surface area (Å²) in [6, 6.07) is -0.316. The SMILES string of the molecule is CC(C)(C)C(C)(C)CNC(=O)NCCC(=O)O. The number of hydrogen-bond donors (Lipinski definition) is 3. The Morgan fingerprint density at radius 2 is 1.59 bits per heavy atom. The smallest absolute Gasteiger partial charge is 0.314 e. The normalized spacial score (nSPS) is 12.1. The lowest BCUT2D eigenvalue weighted by Crippen LogP contribution is -2.45. The van der Waals surface area contributed by atoms with Crippen LogP contribution in [0.1, 0.15) is 41.0 Å². The maximum Gasteiger partial charge on any atom is 0.314 e. The van der Waals surface area contributed by atoms with E-state index >= 15 is 0 Å². The molecule has 0 unspecified atom stereocenters. The number of amides is 2. The lowest BCUT2D eigenvalue weighted by atomic mass is 9.69. The third-order valence-corrected chi connectivity index (χ3v) is 3.35. The van der Waals surface area contributed by atoms with Gasteiger partial charge in [-0.25, -0.2) is 4.79 Å². The van der Waals surface area contributed by atoms with Crippen molar-refractivity contribution in [2.45, 2.75) is 41.0 Å². The maximum absolute atomic E-state index is 11.4. The Labute approximate surface area is 103 Å². The molecule has 0 heterocycles. The van der Waals surface area contributed by atoms with Gasteiger partial charge in [-0.2, -0.15) is 0 Å². The second-order valence-electron chi connectivity index (χ2n) is 5.89. The van der Waals surface area contributed by atoms with Crippen LogP contribution in [0.25, 0.3) is 0 Å². The number of carbonyl (C=O) groups excluding carboxylic acids is 1. The molecule has 5 heteroatoms. The van der Waals surface area contributed by atoms with E-state index in [1.165, 1.54) is 0 Å². The Hall–Kier alpha value is -1.26. The van der Waals surface area contributed by atoms with Gasteiger partial charge < -0.3 is 15.7 Å². The fourth-order valence-corrected chi connectivity index (χ4v) is 0.912. The predicted molar refractivity (Wildman–Crippen MR) is 66.9 cm³/mol. The zero-order valence-electron chi connectivity index (χ0n) is 11.4. The molecule has 3 N–H and O–H groups in total. The molecule has 100 valence electrons. The molecule has 0 atom stereocenters. The van der Waals surface area contributed by atoms with Gasteiger partial charge in [0, 0.05) is 13.1 Å². The summed E-state index contributed by atoms with van der Waals surface area (Å²) in [6.07, 6.45) is -0.0594. The average Bonchev–Trinajstić information content (AvgIpc) is 2.12. The van der Waals surface area contributed by atoms with Crippen LogP contribution < -0.4 is 10.6 Å². The average molecular weight is 244 g/mol. The van der Waals surface area contributed by atoms with Crippen LogP contribution in [-0.4, -0.2) is 30.2 Å². The molecule has 0 rings (SSSR count). The van der Waals surface area contributed by atoms with E-state index in [1.54, 1.807) is 0 Å². The summed E-state index contributed by atoms with van der Waals surface area (Å²) in [5.74, 6) is -0.916. The molecule has 0 aromatic heterocycles. The largest absolute Gasteiger partial charge is 0.481 e. The van der Waals surface area contributed by atoms with Crippen LogP contribution in [0.15, 0.2) is 0 Å². The molecule has 0 aromatic rings. The van der Waals surface area contributed by atoms with Gasteiger partial charge in [-0.3, -0.25) is 4.79 Å². The number of carbonyl (C=O) groups is 2. The summed E-state index contributed by atoms with van der Waals surface area (Å²) in [7, 11) is 0. The van der Waals surface area contributed by atoms with Crippen LogP contribution in [0.3, 0.4) is 0 Å². The van der Waals surface area contributed by atoms with Crippen LogP contribution in [0.2, 0.25) is 0 Å². The van der Waals surface area contributed by atoms with Crippen LogP contribution >= 0.6 is 0 Å². The number of rotatable bonds is 5. The Kier molecular flexibility index (Phi) is 5.45. The molecule has 0 saturated heterocycles. The zero-order valence-corrected chi connectivity index (χ0v) is 11.4. The monoisotopic (exact) mass is 244 g/mol. The molecular formula is C12H24N2O3. The van der Waals surface area contributed by atoms with Gasteiger partial charge in [-0.1, -0.05) is 34.6 Å². The van der Waals surface area contributed by atoms with E-state index in [-0.39, 0.29) is 29.8 Å². The van der Waals surface area contributed by atoms with Crippen molar-refractivity contribution in [1.82, 2.24) is 10.6 Å². The molecule has 2 amide bonds. The molecule has 0 saturated carbocycles. The van der Waals surface area contributed by atoms with Gasteiger partial charge in [0.25, 0.3) is 0 Å². The number of hydrogen-bond acceptors (Lipinski definition) is 2. The Morgan fingerprint density at radius 3 is 2.00 bits per heavy atom. The number of carboxylic acid groups (broad SMARTS) is 1. The lowest BCUT2D eigenvalue weighted by molar-refractivity contribution is -0.136. The molecule has 5 nitrogen and oxygen atoms in total. The predicted octanol–water partition coefficient (Wildman–Crippen LogP) is 1.83.